The Labute approximate surface area is 152 Å². The van der Waals surface area contributed by atoms with Gasteiger partial charge in [-0.25, -0.2) is 4.79 Å². The molecule has 138 valence electrons. The van der Waals surface area contributed by atoms with Crippen LogP contribution in [0, 0.1) is 6.92 Å². The Morgan fingerprint density at radius 3 is 2.58 bits per heavy atom. The molecule has 0 atom stereocenters. The number of carbonyl (C=O) groups is 2. The van der Waals surface area contributed by atoms with E-state index < -0.39 is 0 Å². The van der Waals surface area contributed by atoms with Crippen molar-refractivity contribution in [1.82, 2.24) is 20.3 Å². The van der Waals surface area contributed by atoms with Gasteiger partial charge in [-0.15, -0.1) is 0 Å². The number of piperidine rings is 1. The summed E-state index contributed by atoms with van der Waals surface area (Å²) in [6, 6.07) is 11.1. The highest BCUT2D eigenvalue weighted by molar-refractivity contribution is 5.94. The fraction of sp³-hybridized carbons (Fsp3) is 0.421. The molecule has 0 unspecified atom stereocenters. The molecule has 1 N–H and O–H groups in total. The van der Waals surface area contributed by atoms with Crippen LogP contribution in [0.2, 0.25) is 0 Å². The van der Waals surface area contributed by atoms with Crippen LogP contribution < -0.4 is 5.32 Å². The maximum Gasteiger partial charge on any atom is 0.320 e. The molecule has 3 rings (SSSR count). The minimum Gasteiger partial charge on any atom is -0.361 e. The van der Waals surface area contributed by atoms with Gasteiger partial charge in [0.25, 0.3) is 5.91 Å². The topological polar surface area (TPSA) is 78.7 Å². The van der Waals surface area contributed by atoms with Gasteiger partial charge in [0.2, 0.25) is 0 Å². The molecule has 0 radical (unpaired) electrons. The Balaban J connectivity index is 1.47. The van der Waals surface area contributed by atoms with Crippen LogP contribution in [-0.4, -0.2) is 53.1 Å². The van der Waals surface area contributed by atoms with E-state index in [4.69, 9.17) is 4.52 Å². The largest absolute Gasteiger partial charge is 0.361 e. The normalized spacial score (nSPS) is 14.9. The number of amides is 3. The number of benzene rings is 1. The number of carbonyl (C=O) groups excluding carboxylic acids is 2. The van der Waals surface area contributed by atoms with Gasteiger partial charge >= 0.3 is 6.03 Å². The summed E-state index contributed by atoms with van der Waals surface area (Å²) in [5.41, 5.74) is 1.40. The number of urea groups is 1. The quantitative estimate of drug-likeness (QED) is 0.913. The molecule has 3 amide bonds. The van der Waals surface area contributed by atoms with E-state index in [1.54, 1.807) is 24.1 Å². The van der Waals surface area contributed by atoms with Crippen molar-refractivity contribution in [3.63, 3.8) is 0 Å². The maximum absolute atomic E-state index is 12.6. The number of nitrogens with one attached hydrogen (secondary N) is 1. The van der Waals surface area contributed by atoms with Gasteiger partial charge in [0.15, 0.2) is 0 Å². The molecule has 2 aromatic rings. The first kappa shape index (κ1) is 18.0. The lowest BCUT2D eigenvalue weighted by Gasteiger charge is -2.34. The molecule has 0 saturated carbocycles. The van der Waals surface area contributed by atoms with Gasteiger partial charge in [0.1, 0.15) is 11.5 Å². The summed E-state index contributed by atoms with van der Waals surface area (Å²) in [6.45, 7) is 3.50. The first-order chi connectivity index (χ1) is 12.5. The van der Waals surface area contributed by atoms with Crippen molar-refractivity contribution in [3.8, 4) is 0 Å². The van der Waals surface area contributed by atoms with Crippen molar-refractivity contribution in [3.05, 3.63) is 53.4 Å². The van der Waals surface area contributed by atoms with Crippen LogP contribution >= 0.6 is 0 Å². The van der Waals surface area contributed by atoms with Crippen molar-refractivity contribution in [2.24, 2.45) is 0 Å². The fourth-order valence-corrected chi connectivity index (χ4v) is 3.12. The highest BCUT2D eigenvalue weighted by atomic mass is 16.5. The molecule has 7 heteroatoms. The van der Waals surface area contributed by atoms with Gasteiger partial charge < -0.3 is 19.6 Å². The number of nitrogens with zero attached hydrogens (tertiary/aromatic N) is 3. The number of hydrogen-bond acceptors (Lipinski definition) is 4. The zero-order valence-electron chi connectivity index (χ0n) is 15.1. The second kappa shape index (κ2) is 8.03. The van der Waals surface area contributed by atoms with Crippen molar-refractivity contribution in [1.29, 1.82) is 0 Å². The fourth-order valence-electron chi connectivity index (χ4n) is 3.12. The van der Waals surface area contributed by atoms with Crippen LogP contribution in [0.5, 0.6) is 0 Å². The Morgan fingerprint density at radius 2 is 1.96 bits per heavy atom. The minimum atomic E-state index is -0.0612. The Morgan fingerprint density at radius 1 is 1.27 bits per heavy atom. The standard InChI is InChI=1S/C19H24N4O3/c1-14-12-17(21-26-14)13-22(2)19(25)23-10-8-16(9-11-23)20-18(24)15-6-4-3-5-7-15/h3-7,12,16H,8-11,13H2,1-2H3,(H,20,24). The van der Waals surface area contributed by atoms with Crippen molar-refractivity contribution in [2.45, 2.75) is 32.4 Å². The van der Waals surface area contributed by atoms with Crippen LogP contribution in [0.4, 0.5) is 4.79 Å². The summed E-state index contributed by atoms with van der Waals surface area (Å²) in [5, 5.41) is 6.98. The predicted molar refractivity (Wildman–Crippen MR) is 96.6 cm³/mol. The van der Waals surface area contributed by atoms with Crippen molar-refractivity contribution in [2.75, 3.05) is 20.1 Å². The lowest BCUT2D eigenvalue weighted by Crippen LogP contribution is -2.49. The first-order valence-electron chi connectivity index (χ1n) is 8.81. The minimum absolute atomic E-state index is 0.0292. The van der Waals surface area contributed by atoms with Crippen LogP contribution in [0.15, 0.2) is 40.9 Å². The van der Waals surface area contributed by atoms with Crippen molar-refractivity contribution >= 4 is 11.9 Å². The zero-order valence-corrected chi connectivity index (χ0v) is 15.1. The zero-order chi connectivity index (χ0) is 18.5. The number of rotatable bonds is 4. The summed E-state index contributed by atoms with van der Waals surface area (Å²) >= 11 is 0. The second-order valence-corrected chi connectivity index (χ2v) is 6.67. The molecular formula is C19H24N4O3. The molecule has 1 aliphatic heterocycles. The van der Waals surface area contributed by atoms with Crippen LogP contribution in [-0.2, 0) is 6.54 Å². The average Bonchev–Trinajstić information content (AvgIpc) is 3.07. The van der Waals surface area contributed by atoms with E-state index in [1.807, 2.05) is 36.1 Å². The number of aromatic nitrogens is 1. The number of hydrogen-bond donors (Lipinski definition) is 1. The van der Waals surface area contributed by atoms with Gasteiger partial charge in [0, 0.05) is 37.8 Å². The van der Waals surface area contributed by atoms with Crippen LogP contribution in [0.25, 0.3) is 0 Å². The molecule has 0 bridgehead atoms. The van der Waals surface area contributed by atoms with Gasteiger partial charge in [-0.2, -0.15) is 0 Å². The van der Waals surface area contributed by atoms with Crippen molar-refractivity contribution < 1.29 is 14.1 Å². The lowest BCUT2D eigenvalue weighted by molar-refractivity contribution is 0.0912. The van der Waals surface area contributed by atoms with Gasteiger partial charge in [-0.3, -0.25) is 4.79 Å². The van der Waals surface area contributed by atoms with E-state index in [9.17, 15) is 9.59 Å². The summed E-state index contributed by atoms with van der Waals surface area (Å²) in [4.78, 5) is 28.2. The molecule has 7 nitrogen and oxygen atoms in total. The Kier molecular flexibility index (Phi) is 5.55. The highest BCUT2D eigenvalue weighted by Crippen LogP contribution is 2.14. The number of likely N-dealkylation sites (tertiary alicyclic amines) is 1. The SMILES string of the molecule is Cc1cc(CN(C)C(=O)N2CCC(NC(=O)c3ccccc3)CC2)no1. The molecule has 26 heavy (non-hydrogen) atoms. The highest BCUT2D eigenvalue weighted by Gasteiger charge is 2.26. The third-order valence-corrected chi connectivity index (χ3v) is 4.54. The molecule has 1 aliphatic rings. The van der Waals surface area contributed by atoms with E-state index >= 15 is 0 Å². The van der Waals surface area contributed by atoms with Gasteiger partial charge in [-0.1, -0.05) is 23.4 Å². The summed E-state index contributed by atoms with van der Waals surface area (Å²) in [5.74, 6) is 0.671. The lowest BCUT2D eigenvalue weighted by atomic mass is 10.0. The molecule has 1 fully saturated rings. The summed E-state index contributed by atoms with van der Waals surface area (Å²) in [6.07, 6.45) is 1.50. The van der Waals surface area contributed by atoms with Crippen LogP contribution in [0.3, 0.4) is 0 Å². The molecule has 0 aliphatic carbocycles. The maximum atomic E-state index is 12.6. The van der Waals surface area contributed by atoms with E-state index in [1.165, 1.54) is 0 Å². The monoisotopic (exact) mass is 356 g/mol. The Bertz CT molecular complexity index is 751. The van der Waals surface area contributed by atoms with E-state index in [0.29, 0.717) is 25.2 Å². The average molecular weight is 356 g/mol. The molecular weight excluding hydrogens is 332 g/mol. The van der Waals surface area contributed by atoms with E-state index in [-0.39, 0.29) is 18.0 Å². The van der Waals surface area contributed by atoms with Gasteiger partial charge in [0.05, 0.1) is 6.54 Å². The van der Waals surface area contributed by atoms with Crippen LogP contribution in [0.1, 0.15) is 34.7 Å². The third-order valence-electron chi connectivity index (χ3n) is 4.54. The molecule has 1 saturated heterocycles. The Hall–Kier alpha value is -2.83. The molecule has 0 spiro atoms. The summed E-state index contributed by atoms with van der Waals surface area (Å²) < 4.78 is 5.04. The van der Waals surface area contributed by atoms with Gasteiger partial charge in [-0.05, 0) is 31.9 Å². The second-order valence-electron chi connectivity index (χ2n) is 6.67. The van der Waals surface area contributed by atoms with E-state index in [0.717, 1.165) is 24.3 Å². The third kappa shape index (κ3) is 4.41. The predicted octanol–water partition coefficient (Wildman–Crippen LogP) is 2.43. The van der Waals surface area contributed by atoms with E-state index in [2.05, 4.69) is 10.5 Å². The molecule has 1 aromatic heterocycles. The smallest absolute Gasteiger partial charge is 0.320 e. The first-order valence-corrected chi connectivity index (χ1v) is 8.81. The summed E-state index contributed by atoms with van der Waals surface area (Å²) in [7, 11) is 1.76. The number of aryl methyl sites for hydroxylation is 1. The molecule has 1 aromatic carbocycles. The molecule has 2 heterocycles.